The number of anilines is 1. The van der Waals surface area contributed by atoms with Crippen LogP contribution in [0, 0.1) is 0 Å². The Bertz CT molecular complexity index is 1230. The first kappa shape index (κ1) is 19.2. The zero-order valence-corrected chi connectivity index (χ0v) is 17.2. The molecule has 5 rings (SSSR count). The van der Waals surface area contributed by atoms with Crippen LogP contribution in [0.1, 0.15) is 10.4 Å². The van der Waals surface area contributed by atoms with Crippen molar-refractivity contribution in [2.45, 2.75) is 0 Å². The molecule has 4 aromatic rings. The standard InChI is InChI=1S/C23H22N6O2/c1-28-7-9-29(10-8-28)23(30)16-4-2-3-15(11-16)17-12-18(21(24)26-13-17)22-27-19-14-25-6-5-20(19)31-22/h2-6,11-14H,7-10H2,1H3,(H2,24,26). The summed E-state index contributed by atoms with van der Waals surface area (Å²) in [5.74, 6) is 0.762. The van der Waals surface area contributed by atoms with E-state index in [2.05, 4.69) is 26.9 Å². The molecule has 0 radical (unpaired) electrons. The minimum absolute atomic E-state index is 0.0463. The highest BCUT2D eigenvalue weighted by molar-refractivity contribution is 5.95. The molecule has 1 aliphatic heterocycles. The van der Waals surface area contributed by atoms with Gasteiger partial charge in [0.15, 0.2) is 5.58 Å². The summed E-state index contributed by atoms with van der Waals surface area (Å²) in [6, 6.07) is 11.2. The lowest BCUT2D eigenvalue weighted by Crippen LogP contribution is -2.47. The number of carbonyl (C=O) groups excluding carboxylic acids is 1. The number of rotatable bonds is 3. The molecule has 4 heterocycles. The summed E-state index contributed by atoms with van der Waals surface area (Å²) in [5, 5.41) is 0. The van der Waals surface area contributed by atoms with Crippen molar-refractivity contribution in [1.82, 2.24) is 24.8 Å². The Labute approximate surface area is 179 Å². The van der Waals surface area contributed by atoms with E-state index in [1.165, 1.54) is 0 Å². The van der Waals surface area contributed by atoms with Gasteiger partial charge in [0, 0.05) is 55.8 Å². The number of aromatic nitrogens is 3. The first-order valence-electron chi connectivity index (χ1n) is 10.1. The van der Waals surface area contributed by atoms with Crippen LogP contribution in [-0.4, -0.2) is 63.9 Å². The van der Waals surface area contributed by atoms with Crippen molar-refractivity contribution < 1.29 is 9.21 Å². The van der Waals surface area contributed by atoms with Crippen molar-refractivity contribution in [3.05, 3.63) is 60.6 Å². The normalized spacial score (nSPS) is 14.8. The topological polar surface area (TPSA) is 101 Å². The fourth-order valence-corrected chi connectivity index (χ4v) is 3.72. The number of nitrogens with zero attached hydrogens (tertiary/aromatic N) is 5. The number of benzene rings is 1. The molecule has 0 bridgehead atoms. The molecule has 0 saturated carbocycles. The second-order valence-corrected chi connectivity index (χ2v) is 7.70. The van der Waals surface area contributed by atoms with E-state index in [1.54, 1.807) is 24.7 Å². The Kier molecular flexibility index (Phi) is 4.83. The number of piperazine rings is 1. The quantitative estimate of drug-likeness (QED) is 0.550. The summed E-state index contributed by atoms with van der Waals surface area (Å²) in [7, 11) is 2.07. The molecular weight excluding hydrogens is 392 g/mol. The van der Waals surface area contributed by atoms with Gasteiger partial charge in [-0.15, -0.1) is 0 Å². The molecule has 31 heavy (non-hydrogen) atoms. The van der Waals surface area contributed by atoms with Gasteiger partial charge in [0.2, 0.25) is 5.89 Å². The maximum atomic E-state index is 13.0. The van der Waals surface area contributed by atoms with E-state index in [0.29, 0.717) is 33.9 Å². The van der Waals surface area contributed by atoms with E-state index >= 15 is 0 Å². The van der Waals surface area contributed by atoms with Gasteiger partial charge in [-0.2, -0.15) is 0 Å². The summed E-state index contributed by atoms with van der Waals surface area (Å²) >= 11 is 0. The molecule has 1 fully saturated rings. The highest BCUT2D eigenvalue weighted by atomic mass is 16.3. The third kappa shape index (κ3) is 3.73. The predicted molar refractivity (Wildman–Crippen MR) is 118 cm³/mol. The predicted octanol–water partition coefficient (Wildman–Crippen LogP) is 2.92. The van der Waals surface area contributed by atoms with Crippen LogP contribution in [0.5, 0.6) is 0 Å². The molecule has 1 aliphatic rings. The number of nitrogens with two attached hydrogens (primary N) is 1. The minimum Gasteiger partial charge on any atom is -0.436 e. The van der Waals surface area contributed by atoms with Crippen LogP contribution < -0.4 is 5.73 Å². The average Bonchev–Trinajstić information content (AvgIpc) is 3.23. The van der Waals surface area contributed by atoms with Crippen molar-refractivity contribution in [3.8, 4) is 22.6 Å². The molecule has 0 atom stereocenters. The average molecular weight is 414 g/mol. The van der Waals surface area contributed by atoms with Gasteiger partial charge in [-0.1, -0.05) is 12.1 Å². The third-order valence-electron chi connectivity index (χ3n) is 5.57. The molecule has 1 amide bonds. The SMILES string of the molecule is CN1CCN(C(=O)c2cccc(-c3cnc(N)c(-c4nc5cnccc5o4)c3)c2)CC1. The maximum absolute atomic E-state index is 13.0. The summed E-state index contributed by atoms with van der Waals surface area (Å²) in [5.41, 5.74) is 10.4. The van der Waals surface area contributed by atoms with Gasteiger partial charge >= 0.3 is 0 Å². The fraction of sp³-hybridized carbons (Fsp3) is 0.217. The third-order valence-corrected chi connectivity index (χ3v) is 5.57. The van der Waals surface area contributed by atoms with Gasteiger partial charge in [0.25, 0.3) is 5.91 Å². The zero-order valence-electron chi connectivity index (χ0n) is 17.2. The van der Waals surface area contributed by atoms with E-state index in [-0.39, 0.29) is 5.91 Å². The van der Waals surface area contributed by atoms with Crippen LogP contribution in [0.4, 0.5) is 5.82 Å². The Balaban J connectivity index is 1.47. The lowest BCUT2D eigenvalue weighted by Gasteiger charge is -2.32. The lowest BCUT2D eigenvalue weighted by molar-refractivity contribution is 0.0664. The van der Waals surface area contributed by atoms with E-state index < -0.39 is 0 Å². The number of nitrogen functional groups attached to an aromatic ring is 1. The number of fused-ring (bicyclic) bond motifs is 1. The van der Waals surface area contributed by atoms with E-state index in [9.17, 15) is 4.79 Å². The number of likely N-dealkylation sites (N-methyl/N-ethyl adjacent to an activating group) is 1. The Morgan fingerprint density at radius 2 is 1.90 bits per heavy atom. The van der Waals surface area contributed by atoms with Crippen LogP contribution in [0.25, 0.3) is 33.7 Å². The molecule has 0 unspecified atom stereocenters. The maximum Gasteiger partial charge on any atom is 0.253 e. The number of hydrogen-bond donors (Lipinski definition) is 1. The first-order valence-corrected chi connectivity index (χ1v) is 10.1. The number of pyridine rings is 2. The molecule has 8 nitrogen and oxygen atoms in total. The Morgan fingerprint density at radius 1 is 1.06 bits per heavy atom. The molecule has 1 aromatic carbocycles. The Hall–Kier alpha value is -3.78. The van der Waals surface area contributed by atoms with Crippen molar-refractivity contribution in [2.75, 3.05) is 39.0 Å². The molecule has 3 aromatic heterocycles. The smallest absolute Gasteiger partial charge is 0.253 e. The first-order chi connectivity index (χ1) is 15.1. The summed E-state index contributed by atoms with van der Waals surface area (Å²) < 4.78 is 5.84. The summed E-state index contributed by atoms with van der Waals surface area (Å²) in [4.78, 5) is 30.0. The monoisotopic (exact) mass is 414 g/mol. The van der Waals surface area contributed by atoms with Crippen LogP contribution >= 0.6 is 0 Å². The largest absolute Gasteiger partial charge is 0.436 e. The Morgan fingerprint density at radius 3 is 2.71 bits per heavy atom. The van der Waals surface area contributed by atoms with Crippen LogP contribution in [0.2, 0.25) is 0 Å². The van der Waals surface area contributed by atoms with E-state index in [0.717, 1.165) is 37.3 Å². The number of amides is 1. The van der Waals surface area contributed by atoms with Gasteiger partial charge in [0.05, 0.1) is 11.8 Å². The fourth-order valence-electron chi connectivity index (χ4n) is 3.72. The second kappa shape index (κ2) is 7.81. The van der Waals surface area contributed by atoms with E-state index in [1.807, 2.05) is 35.2 Å². The zero-order chi connectivity index (χ0) is 21.4. The minimum atomic E-state index is 0.0463. The second-order valence-electron chi connectivity index (χ2n) is 7.70. The molecular formula is C23H22N6O2. The molecule has 1 saturated heterocycles. The molecule has 156 valence electrons. The molecule has 0 spiro atoms. The lowest BCUT2D eigenvalue weighted by atomic mass is 10.0. The number of hydrogen-bond acceptors (Lipinski definition) is 7. The van der Waals surface area contributed by atoms with Gasteiger partial charge in [-0.05, 0) is 30.8 Å². The van der Waals surface area contributed by atoms with E-state index in [4.69, 9.17) is 10.2 Å². The number of oxazole rings is 1. The van der Waals surface area contributed by atoms with Crippen LogP contribution in [0.3, 0.4) is 0 Å². The van der Waals surface area contributed by atoms with Crippen LogP contribution in [-0.2, 0) is 0 Å². The van der Waals surface area contributed by atoms with Gasteiger partial charge < -0.3 is 20.0 Å². The van der Waals surface area contributed by atoms with Crippen molar-refractivity contribution >= 4 is 22.8 Å². The molecule has 8 heteroatoms. The van der Waals surface area contributed by atoms with Gasteiger partial charge in [-0.25, -0.2) is 9.97 Å². The highest BCUT2D eigenvalue weighted by Crippen LogP contribution is 2.31. The highest BCUT2D eigenvalue weighted by Gasteiger charge is 2.21. The van der Waals surface area contributed by atoms with Crippen LogP contribution in [0.15, 0.2) is 59.4 Å². The summed E-state index contributed by atoms with van der Waals surface area (Å²) in [6.45, 7) is 3.24. The molecule has 2 N–H and O–H groups in total. The van der Waals surface area contributed by atoms with Gasteiger partial charge in [-0.3, -0.25) is 9.78 Å². The van der Waals surface area contributed by atoms with Gasteiger partial charge in [0.1, 0.15) is 11.3 Å². The number of carbonyl (C=O) groups is 1. The van der Waals surface area contributed by atoms with Crippen molar-refractivity contribution in [2.24, 2.45) is 0 Å². The molecule has 0 aliphatic carbocycles. The summed E-state index contributed by atoms with van der Waals surface area (Å²) in [6.07, 6.45) is 4.99. The van der Waals surface area contributed by atoms with Crippen molar-refractivity contribution in [3.63, 3.8) is 0 Å². The van der Waals surface area contributed by atoms with Crippen molar-refractivity contribution in [1.29, 1.82) is 0 Å².